The lowest BCUT2D eigenvalue weighted by atomic mass is 10.3. The molecule has 120 valence electrons. The van der Waals surface area contributed by atoms with Crippen LogP contribution in [0.25, 0.3) is 0 Å². The zero-order valence-electron chi connectivity index (χ0n) is 12.9. The van der Waals surface area contributed by atoms with Gasteiger partial charge >= 0.3 is 7.60 Å². The number of halogens is 2. The zero-order valence-corrected chi connectivity index (χ0v) is 15.3. The second-order valence-corrected chi connectivity index (χ2v) is 8.39. The Morgan fingerprint density at radius 2 is 1.52 bits per heavy atom. The zero-order chi connectivity index (χ0) is 16.2. The summed E-state index contributed by atoms with van der Waals surface area (Å²) in [5, 5.41) is 4.00. The van der Waals surface area contributed by atoms with Crippen molar-refractivity contribution < 1.29 is 13.6 Å². The van der Waals surface area contributed by atoms with Gasteiger partial charge in [0.15, 0.2) is 0 Å². The van der Waals surface area contributed by atoms with Crippen LogP contribution in [0.3, 0.4) is 0 Å². The second kappa shape index (κ2) is 7.85. The summed E-state index contributed by atoms with van der Waals surface area (Å²) in [6.07, 6.45) is -0.403. The fourth-order valence-electron chi connectivity index (χ4n) is 1.70. The molecule has 1 aromatic rings. The average Bonchev–Trinajstić information content (AvgIpc) is 2.31. The Balaban J connectivity index is 2.92. The van der Waals surface area contributed by atoms with Crippen LogP contribution < -0.4 is 5.32 Å². The predicted molar refractivity (Wildman–Crippen MR) is 89.6 cm³/mol. The average molecular weight is 354 g/mol. The normalized spacial score (nSPS) is 13.8. The molecule has 0 aromatic heterocycles. The third-order valence-electron chi connectivity index (χ3n) is 2.48. The van der Waals surface area contributed by atoms with E-state index in [4.69, 9.17) is 32.2 Å². The molecule has 1 aromatic carbocycles. The van der Waals surface area contributed by atoms with Crippen molar-refractivity contribution in [2.24, 2.45) is 0 Å². The smallest absolute Gasteiger partial charge is 0.352 e. The first-order valence-electron chi connectivity index (χ1n) is 6.82. The molecule has 1 unspecified atom stereocenters. The Labute approximate surface area is 136 Å². The van der Waals surface area contributed by atoms with Crippen molar-refractivity contribution in [1.29, 1.82) is 0 Å². The van der Waals surface area contributed by atoms with Crippen molar-refractivity contribution in [3.63, 3.8) is 0 Å². The molecular formula is C14H22Cl2NO3P. The van der Waals surface area contributed by atoms with Gasteiger partial charge in [0.1, 0.15) is 5.78 Å². The number of anilines is 1. The van der Waals surface area contributed by atoms with Crippen LogP contribution in [-0.2, 0) is 13.6 Å². The van der Waals surface area contributed by atoms with E-state index in [2.05, 4.69) is 5.32 Å². The van der Waals surface area contributed by atoms with Crippen LogP contribution in [0.2, 0.25) is 10.0 Å². The van der Waals surface area contributed by atoms with Gasteiger partial charge < -0.3 is 14.4 Å². The van der Waals surface area contributed by atoms with E-state index in [-0.39, 0.29) is 12.2 Å². The Kier molecular flexibility index (Phi) is 7.02. The molecule has 1 rings (SSSR count). The molecule has 1 N–H and O–H groups in total. The van der Waals surface area contributed by atoms with Crippen LogP contribution >= 0.6 is 30.8 Å². The van der Waals surface area contributed by atoms with Crippen LogP contribution in [0.15, 0.2) is 18.2 Å². The molecule has 0 aliphatic rings. The largest absolute Gasteiger partial charge is 0.372 e. The molecule has 0 radical (unpaired) electrons. The molecule has 0 fully saturated rings. The van der Waals surface area contributed by atoms with Gasteiger partial charge in [0.2, 0.25) is 0 Å². The lowest BCUT2D eigenvalue weighted by Crippen LogP contribution is -2.22. The molecule has 4 nitrogen and oxygen atoms in total. The standard InChI is InChI=1S/C14H22Cl2NO3P/c1-9(2)19-21(18,20-10(3)4)11(5)17-12-6-7-13(15)14(16)8-12/h6-11,17H,1-5H3. The van der Waals surface area contributed by atoms with E-state index in [0.717, 1.165) is 0 Å². The highest BCUT2D eigenvalue weighted by Crippen LogP contribution is 2.55. The maximum Gasteiger partial charge on any atom is 0.352 e. The third kappa shape index (κ3) is 5.80. The maximum absolute atomic E-state index is 12.9. The summed E-state index contributed by atoms with van der Waals surface area (Å²) < 4.78 is 24.0. The second-order valence-electron chi connectivity index (χ2n) is 5.30. The van der Waals surface area contributed by atoms with Crippen molar-refractivity contribution >= 4 is 36.5 Å². The van der Waals surface area contributed by atoms with E-state index in [1.54, 1.807) is 25.1 Å². The number of rotatable bonds is 7. The van der Waals surface area contributed by atoms with Crippen molar-refractivity contribution in [3.05, 3.63) is 28.2 Å². The molecule has 0 amide bonds. The summed E-state index contributed by atoms with van der Waals surface area (Å²) >= 11 is 11.9. The first-order chi connectivity index (χ1) is 9.64. The first-order valence-corrected chi connectivity index (χ1v) is 9.19. The van der Waals surface area contributed by atoms with E-state index in [1.165, 1.54) is 0 Å². The third-order valence-corrected chi connectivity index (χ3v) is 5.73. The molecule has 0 aliphatic carbocycles. The highest BCUT2D eigenvalue weighted by atomic mass is 35.5. The maximum atomic E-state index is 12.9. The summed E-state index contributed by atoms with van der Waals surface area (Å²) in [4.78, 5) is 0. The van der Waals surface area contributed by atoms with Gasteiger partial charge in [-0.25, -0.2) is 0 Å². The molecule has 0 heterocycles. The van der Waals surface area contributed by atoms with Crippen LogP contribution in [0.5, 0.6) is 0 Å². The van der Waals surface area contributed by atoms with Gasteiger partial charge in [-0.2, -0.15) is 0 Å². The fraction of sp³-hybridized carbons (Fsp3) is 0.571. The Bertz CT molecular complexity index is 509. The minimum atomic E-state index is -3.30. The Morgan fingerprint density at radius 3 is 1.95 bits per heavy atom. The molecule has 0 saturated carbocycles. The minimum Gasteiger partial charge on any atom is -0.372 e. The van der Waals surface area contributed by atoms with Crippen molar-refractivity contribution in [1.82, 2.24) is 0 Å². The van der Waals surface area contributed by atoms with E-state index >= 15 is 0 Å². The number of benzene rings is 1. The van der Waals surface area contributed by atoms with Crippen molar-refractivity contribution in [2.45, 2.75) is 52.6 Å². The van der Waals surface area contributed by atoms with E-state index in [9.17, 15) is 4.57 Å². The van der Waals surface area contributed by atoms with Gasteiger partial charge in [-0.1, -0.05) is 23.2 Å². The monoisotopic (exact) mass is 353 g/mol. The topological polar surface area (TPSA) is 47.6 Å². The van der Waals surface area contributed by atoms with Crippen molar-refractivity contribution in [3.8, 4) is 0 Å². The lowest BCUT2D eigenvalue weighted by Gasteiger charge is -2.28. The SMILES string of the molecule is CC(C)OP(=O)(OC(C)C)C(C)Nc1ccc(Cl)c(Cl)c1. The lowest BCUT2D eigenvalue weighted by molar-refractivity contribution is 0.139. The number of nitrogens with one attached hydrogen (secondary N) is 1. The van der Waals surface area contributed by atoms with Gasteiger partial charge in [-0.05, 0) is 52.8 Å². The quantitative estimate of drug-likeness (QED) is 0.629. The van der Waals surface area contributed by atoms with Crippen LogP contribution in [0, 0.1) is 0 Å². The number of hydrogen-bond acceptors (Lipinski definition) is 4. The molecule has 21 heavy (non-hydrogen) atoms. The van der Waals surface area contributed by atoms with Gasteiger partial charge in [0.05, 0.1) is 22.3 Å². The minimum absolute atomic E-state index is 0.201. The summed E-state index contributed by atoms with van der Waals surface area (Å²) in [5.74, 6) is -0.514. The summed E-state index contributed by atoms with van der Waals surface area (Å²) in [6.45, 7) is 9.04. The van der Waals surface area contributed by atoms with Gasteiger partial charge in [0, 0.05) is 5.69 Å². The van der Waals surface area contributed by atoms with E-state index < -0.39 is 13.4 Å². The Hall–Kier alpha value is -0.250. The molecule has 0 saturated heterocycles. The van der Waals surface area contributed by atoms with Crippen LogP contribution in [-0.4, -0.2) is 18.0 Å². The highest BCUT2D eigenvalue weighted by molar-refractivity contribution is 7.54. The van der Waals surface area contributed by atoms with Gasteiger partial charge in [-0.15, -0.1) is 0 Å². The first kappa shape index (κ1) is 18.8. The van der Waals surface area contributed by atoms with Gasteiger partial charge in [-0.3, -0.25) is 4.57 Å². The molecule has 1 atom stereocenters. The van der Waals surface area contributed by atoms with Crippen molar-refractivity contribution in [2.75, 3.05) is 5.32 Å². The number of hydrogen-bond donors (Lipinski definition) is 1. The van der Waals surface area contributed by atoms with Gasteiger partial charge in [0.25, 0.3) is 0 Å². The highest BCUT2D eigenvalue weighted by Gasteiger charge is 2.35. The molecule has 7 heteroatoms. The molecular weight excluding hydrogens is 332 g/mol. The molecule has 0 aliphatic heterocycles. The van der Waals surface area contributed by atoms with E-state index in [0.29, 0.717) is 15.7 Å². The fourth-order valence-corrected chi connectivity index (χ4v) is 3.90. The summed E-state index contributed by atoms with van der Waals surface area (Å²) in [6, 6.07) is 5.12. The van der Waals surface area contributed by atoms with E-state index in [1.807, 2.05) is 27.7 Å². The summed E-state index contributed by atoms with van der Waals surface area (Å²) in [5.41, 5.74) is 0.705. The predicted octanol–water partition coefficient (Wildman–Crippen LogP) is 5.79. The summed E-state index contributed by atoms with van der Waals surface area (Å²) in [7, 11) is -3.30. The van der Waals surface area contributed by atoms with Crippen LogP contribution in [0.1, 0.15) is 34.6 Å². The van der Waals surface area contributed by atoms with Crippen LogP contribution in [0.4, 0.5) is 5.69 Å². The molecule has 0 bridgehead atoms. The Morgan fingerprint density at radius 1 is 1.00 bits per heavy atom. The molecule has 0 spiro atoms.